The second-order valence-corrected chi connectivity index (χ2v) is 6.57. The van der Waals surface area contributed by atoms with E-state index in [1.807, 2.05) is 24.3 Å². The Kier molecular flexibility index (Phi) is 5.80. The Morgan fingerprint density at radius 3 is 2.16 bits per heavy atom. The normalized spacial score (nSPS) is 11.0. The summed E-state index contributed by atoms with van der Waals surface area (Å²) in [5, 5.41) is 11.8. The van der Waals surface area contributed by atoms with Crippen LogP contribution in [0.1, 0.15) is 35.3 Å². The molecule has 0 aromatic heterocycles. The van der Waals surface area contributed by atoms with Gasteiger partial charge in [-0.3, -0.25) is 4.79 Å². The number of amides is 1. The van der Waals surface area contributed by atoms with E-state index in [0.717, 1.165) is 16.9 Å². The van der Waals surface area contributed by atoms with Crippen LogP contribution in [0.2, 0.25) is 0 Å². The smallest absolute Gasteiger partial charge is 0.335 e. The van der Waals surface area contributed by atoms with Gasteiger partial charge in [-0.2, -0.15) is 0 Å². The predicted octanol–water partition coefficient (Wildman–Crippen LogP) is 3.03. The van der Waals surface area contributed by atoms with Gasteiger partial charge in [0.05, 0.1) is 19.1 Å². The van der Waals surface area contributed by atoms with Crippen molar-refractivity contribution in [3.63, 3.8) is 0 Å². The first-order valence-electron chi connectivity index (χ1n) is 8.05. The Balaban J connectivity index is 1.92. The van der Waals surface area contributed by atoms with E-state index >= 15 is 0 Å². The molecule has 0 aliphatic heterocycles. The average molecular weight is 341 g/mol. The van der Waals surface area contributed by atoms with Gasteiger partial charge in [-0.1, -0.05) is 38.1 Å². The molecule has 0 fully saturated rings. The topological polar surface area (TPSA) is 75.6 Å². The van der Waals surface area contributed by atoms with E-state index in [0.29, 0.717) is 6.54 Å². The van der Waals surface area contributed by atoms with Crippen LogP contribution >= 0.6 is 0 Å². The maximum absolute atomic E-state index is 12.2. The number of rotatable bonds is 7. The Hall–Kier alpha value is -2.82. The lowest BCUT2D eigenvalue weighted by molar-refractivity contribution is -0.120. The maximum Gasteiger partial charge on any atom is 0.335 e. The third kappa shape index (κ3) is 5.08. The van der Waals surface area contributed by atoms with E-state index in [1.54, 1.807) is 19.2 Å². The highest BCUT2D eigenvalue weighted by Gasteiger charge is 2.21. The fraction of sp³-hybridized carbons (Fsp3) is 0.300. The zero-order valence-electron chi connectivity index (χ0n) is 14.7. The summed E-state index contributed by atoms with van der Waals surface area (Å²) in [6, 6.07) is 14.1. The van der Waals surface area contributed by atoms with Crippen molar-refractivity contribution < 1.29 is 19.4 Å². The monoisotopic (exact) mass is 341 g/mol. The van der Waals surface area contributed by atoms with Crippen molar-refractivity contribution >= 4 is 11.9 Å². The summed E-state index contributed by atoms with van der Waals surface area (Å²) in [7, 11) is 1.63. The van der Waals surface area contributed by atoms with Crippen LogP contribution in [-0.4, -0.2) is 30.6 Å². The van der Waals surface area contributed by atoms with Gasteiger partial charge in [0.15, 0.2) is 0 Å². The van der Waals surface area contributed by atoms with Crippen molar-refractivity contribution in [3.05, 3.63) is 65.2 Å². The second-order valence-electron chi connectivity index (χ2n) is 6.57. The van der Waals surface area contributed by atoms with Crippen molar-refractivity contribution in [1.82, 2.24) is 5.32 Å². The number of methoxy groups -OCH3 is 1. The first kappa shape index (κ1) is 18.5. The molecule has 0 radical (unpaired) electrons. The van der Waals surface area contributed by atoms with E-state index in [1.165, 1.54) is 12.1 Å². The molecule has 5 heteroatoms. The molecule has 132 valence electrons. The van der Waals surface area contributed by atoms with Gasteiger partial charge in [-0.05, 0) is 35.4 Å². The van der Waals surface area contributed by atoms with Crippen LogP contribution in [-0.2, 0) is 16.6 Å². The van der Waals surface area contributed by atoms with E-state index in [2.05, 4.69) is 19.2 Å². The van der Waals surface area contributed by atoms with Gasteiger partial charge in [0.2, 0.25) is 5.91 Å². The summed E-state index contributed by atoms with van der Waals surface area (Å²) in [5.74, 6) is -0.268. The molecule has 2 rings (SSSR count). The lowest BCUT2D eigenvalue weighted by Crippen LogP contribution is -2.37. The SMILES string of the molecule is COc1ccc(C(C)(C)CNC(=O)Cc2ccc(C(=O)O)cc2)cc1. The average Bonchev–Trinajstić information content (AvgIpc) is 2.60. The number of carboxylic acids is 1. The standard InChI is InChI=1S/C20H23NO4/c1-20(2,16-8-10-17(25-3)11-9-16)13-21-18(22)12-14-4-6-15(7-5-14)19(23)24/h4-11H,12-13H2,1-3H3,(H,21,22)(H,23,24). The van der Waals surface area contributed by atoms with E-state index in [9.17, 15) is 9.59 Å². The van der Waals surface area contributed by atoms with Crippen molar-refractivity contribution in [2.75, 3.05) is 13.7 Å². The van der Waals surface area contributed by atoms with Gasteiger partial charge in [0.25, 0.3) is 0 Å². The molecule has 1 amide bonds. The number of hydrogen-bond acceptors (Lipinski definition) is 3. The molecule has 0 unspecified atom stereocenters. The number of nitrogens with one attached hydrogen (secondary N) is 1. The molecular weight excluding hydrogens is 318 g/mol. The number of ether oxygens (including phenoxy) is 1. The minimum absolute atomic E-state index is 0.0929. The minimum Gasteiger partial charge on any atom is -0.497 e. The Morgan fingerprint density at radius 2 is 1.64 bits per heavy atom. The van der Waals surface area contributed by atoms with Gasteiger partial charge < -0.3 is 15.2 Å². The molecule has 0 aliphatic rings. The van der Waals surface area contributed by atoms with Gasteiger partial charge in [0.1, 0.15) is 5.75 Å². The Bertz CT molecular complexity index is 733. The van der Waals surface area contributed by atoms with Gasteiger partial charge in [0, 0.05) is 12.0 Å². The van der Waals surface area contributed by atoms with Crippen LogP contribution in [0.25, 0.3) is 0 Å². The van der Waals surface area contributed by atoms with Crippen molar-refractivity contribution in [2.45, 2.75) is 25.7 Å². The van der Waals surface area contributed by atoms with Crippen LogP contribution in [0.3, 0.4) is 0 Å². The van der Waals surface area contributed by atoms with Crippen molar-refractivity contribution in [2.24, 2.45) is 0 Å². The highest BCUT2D eigenvalue weighted by atomic mass is 16.5. The van der Waals surface area contributed by atoms with Gasteiger partial charge >= 0.3 is 5.97 Å². The molecule has 0 spiro atoms. The molecule has 0 bridgehead atoms. The molecular formula is C20H23NO4. The quantitative estimate of drug-likeness (QED) is 0.812. The number of carboxylic acid groups (broad SMARTS) is 1. The molecule has 0 atom stereocenters. The molecule has 5 nitrogen and oxygen atoms in total. The molecule has 0 saturated carbocycles. The Labute approximate surface area is 147 Å². The zero-order valence-corrected chi connectivity index (χ0v) is 14.7. The number of benzene rings is 2. The summed E-state index contributed by atoms with van der Waals surface area (Å²) < 4.78 is 5.16. The Morgan fingerprint density at radius 1 is 1.04 bits per heavy atom. The van der Waals surface area contributed by atoms with Crippen LogP contribution in [0.5, 0.6) is 5.75 Å². The minimum atomic E-state index is -0.975. The first-order chi connectivity index (χ1) is 11.8. The van der Waals surface area contributed by atoms with E-state index < -0.39 is 5.97 Å². The lowest BCUT2D eigenvalue weighted by Gasteiger charge is -2.26. The summed E-state index contributed by atoms with van der Waals surface area (Å²) in [6.45, 7) is 4.64. The van der Waals surface area contributed by atoms with Crippen molar-refractivity contribution in [3.8, 4) is 5.75 Å². The van der Waals surface area contributed by atoms with Crippen LogP contribution in [0.15, 0.2) is 48.5 Å². The van der Waals surface area contributed by atoms with E-state index in [-0.39, 0.29) is 23.3 Å². The molecule has 0 aliphatic carbocycles. The zero-order chi connectivity index (χ0) is 18.4. The summed E-state index contributed by atoms with van der Waals surface area (Å²) >= 11 is 0. The fourth-order valence-electron chi connectivity index (χ4n) is 2.48. The van der Waals surface area contributed by atoms with Gasteiger partial charge in [-0.15, -0.1) is 0 Å². The molecule has 25 heavy (non-hydrogen) atoms. The second kappa shape index (κ2) is 7.83. The van der Waals surface area contributed by atoms with Crippen LogP contribution in [0, 0.1) is 0 Å². The summed E-state index contributed by atoms with van der Waals surface area (Å²) in [4.78, 5) is 23.0. The molecule has 0 saturated heterocycles. The van der Waals surface area contributed by atoms with Gasteiger partial charge in [-0.25, -0.2) is 4.79 Å². The predicted molar refractivity (Wildman–Crippen MR) is 96.1 cm³/mol. The van der Waals surface area contributed by atoms with E-state index in [4.69, 9.17) is 9.84 Å². The first-order valence-corrected chi connectivity index (χ1v) is 8.05. The lowest BCUT2D eigenvalue weighted by atomic mass is 9.84. The molecule has 2 N–H and O–H groups in total. The molecule has 0 heterocycles. The number of hydrogen-bond donors (Lipinski definition) is 2. The highest BCUT2D eigenvalue weighted by molar-refractivity contribution is 5.87. The number of carbonyl (C=O) groups excluding carboxylic acids is 1. The summed E-state index contributed by atoms with van der Waals surface area (Å²) in [6.07, 6.45) is 0.221. The molecule has 2 aromatic rings. The van der Waals surface area contributed by atoms with Crippen LogP contribution < -0.4 is 10.1 Å². The molecule has 2 aromatic carbocycles. The fourth-order valence-corrected chi connectivity index (χ4v) is 2.48. The highest BCUT2D eigenvalue weighted by Crippen LogP contribution is 2.24. The number of carbonyl (C=O) groups is 2. The summed E-state index contributed by atoms with van der Waals surface area (Å²) in [5.41, 5.74) is 1.89. The maximum atomic E-state index is 12.2. The largest absolute Gasteiger partial charge is 0.497 e. The van der Waals surface area contributed by atoms with Crippen molar-refractivity contribution in [1.29, 1.82) is 0 Å². The third-order valence-corrected chi connectivity index (χ3v) is 4.16. The third-order valence-electron chi connectivity index (χ3n) is 4.16. The van der Waals surface area contributed by atoms with Crippen LogP contribution in [0.4, 0.5) is 0 Å². The number of aromatic carboxylic acids is 1.